The van der Waals surface area contributed by atoms with Gasteiger partial charge in [-0.15, -0.1) is 0 Å². The second-order valence-corrected chi connectivity index (χ2v) is 12.8. The van der Waals surface area contributed by atoms with Gasteiger partial charge in [0.2, 0.25) is 0 Å². The zero-order chi connectivity index (χ0) is 36.7. The molecule has 14 heteroatoms. The summed E-state index contributed by atoms with van der Waals surface area (Å²) in [5, 5.41) is 0.890. The third kappa shape index (κ3) is 8.58. The Balaban J connectivity index is 1.56. The van der Waals surface area contributed by atoms with E-state index in [0.717, 1.165) is 5.56 Å². The standard InChI is InChI=1S/C37H36Cl2N2O9S/c1-6-46-29-16-22(10-13-27(29)49-19-23-9-12-25(38)26(39)15-23)17-31-35(43)41-34(33(36(44)48-8-3)21(4)40-37(41)51-31)24-11-14-28(30(18-24)47-7-2)50-20-32(42)45-5/h9-18,34H,6-8,19-20H2,1-5H3/b31-17-/t34-/m0/s1. The Morgan fingerprint density at radius 1 is 0.863 bits per heavy atom. The van der Waals surface area contributed by atoms with E-state index in [1.165, 1.54) is 23.0 Å². The summed E-state index contributed by atoms with van der Waals surface area (Å²) in [5.74, 6) is 0.473. The number of thiazole rings is 1. The maximum atomic E-state index is 14.2. The maximum Gasteiger partial charge on any atom is 0.343 e. The second-order valence-electron chi connectivity index (χ2n) is 11.0. The molecule has 3 aromatic carbocycles. The van der Waals surface area contributed by atoms with Gasteiger partial charge in [0, 0.05) is 0 Å². The molecule has 0 saturated heterocycles. The van der Waals surface area contributed by atoms with Crippen LogP contribution in [0, 0.1) is 0 Å². The van der Waals surface area contributed by atoms with E-state index < -0.39 is 18.0 Å². The van der Waals surface area contributed by atoms with Crippen LogP contribution in [0.3, 0.4) is 0 Å². The first kappa shape index (κ1) is 37.5. The highest BCUT2D eigenvalue weighted by Crippen LogP contribution is 2.37. The van der Waals surface area contributed by atoms with Crippen LogP contribution in [-0.2, 0) is 25.7 Å². The molecule has 0 fully saturated rings. The first-order valence-electron chi connectivity index (χ1n) is 16.1. The minimum atomic E-state index is -0.896. The van der Waals surface area contributed by atoms with E-state index in [4.69, 9.17) is 46.9 Å². The number of hydrogen-bond donors (Lipinski definition) is 0. The number of benzene rings is 3. The van der Waals surface area contributed by atoms with Crippen molar-refractivity contribution in [2.75, 3.05) is 33.5 Å². The highest BCUT2D eigenvalue weighted by molar-refractivity contribution is 7.07. The molecule has 4 aromatic rings. The van der Waals surface area contributed by atoms with Crippen LogP contribution in [0.15, 0.2) is 75.7 Å². The highest BCUT2D eigenvalue weighted by Gasteiger charge is 2.34. The molecule has 11 nitrogen and oxygen atoms in total. The quantitative estimate of drug-likeness (QED) is 0.142. The van der Waals surface area contributed by atoms with Gasteiger partial charge in [-0.2, -0.15) is 0 Å². The first-order chi connectivity index (χ1) is 24.6. The number of fused-ring (bicyclic) bond motifs is 1. The van der Waals surface area contributed by atoms with Crippen molar-refractivity contribution in [2.24, 2.45) is 4.99 Å². The van der Waals surface area contributed by atoms with Gasteiger partial charge in [-0.05, 0) is 86.9 Å². The summed E-state index contributed by atoms with van der Waals surface area (Å²) in [4.78, 5) is 44.4. The van der Waals surface area contributed by atoms with Crippen molar-refractivity contribution in [2.45, 2.75) is 40.3 Å². The van der Waals surface area contributed by atoms with Crippen LogP contribution >= 0.6 is 34.5 Å². The molecular weight excluding hydrogens is 719 g/mol. The summed E-state index contributed by atoms with van der Waals surface area (Å²) < 4.78 is 35.4. The molecule has 0 amide bonds. The lowest BCUT2D eigenvalue weighted by molar-refractivity contribution is -0.143. The molecule has 5 rings (SSSR count). The molecule has 0 radical (unpaired) electrons. The predicted molar refractivity (Wildman–Crippen MR) is 194 cm³/mol. The van der Waals surface area contributed by atoms with Crippen LogP contribution < -0.4 is 33.8 Å². The van der Waals surface area contributed by atoms with Crippen LogP contribution in [0.5, 0.6) is 23.0 Å². The molecular formula is C37H36Cl2N2O9S. The number of carbonyl (C=O) groups is 2. The average molecular weight is 756 g/mol. The Hall–Kier alpha value is -4.78. The van der Waals surface area contributed by atoms with Gasteiger partial charge in [-0.1, -0.05) is 52.7 Å². The SMILES string of the molecule is CCOC(=O)C1=C(C)N=c2s/c(=C\c3ccc(OCc4ccc(Cl)c(Cl)c4)c(OCC)c3)c(=O)n2[C@H]1c1ccc(OCC(=O)OC)c(OCC)c1. The van der Waals surface area contributed by atoms with Gasteiger partial charge in [0.05, 0.1) is 58.8 Å². The Kier molecular flexibility index (Phi) is 12.5. The lowest BCUT2D eigenvalue weighted by Gasteiger charge is -2.25. The minimum Gasteiger partial charge on any atom is -0.490 e. The van der Waals surface area contributed by atoms with Gasteiger partial charge < -0.3 is 28.4 Å². The van der Waals surface area contributed by atoms with Crippen LogP contribution in [0.25, 0.3) is 6.08 Å². The third-order valence-corrected chi connectivity index (χ3v) is 9.34. The topological polar surface area (TPSA) is 124 Å². The van der Waals surface area contributed by atoms with Crippen molar-refractivity contribution >= 4 is 52.6 Å². The minimum absolute atomic E-state index is 0.132. The van der Waals surface area contributed by atoms with Gasteiger partial charge in [0.25, 0.3) is 5.56 Å². The van der Waals surface area contributed by atoms with Gasteiger partial charge in [0.1, 0.15) is 6.61 Å². The van der Waals surface area contributed by atoms with E-state index in [0.29, 0.717) is 72.4 Å². The molecule has 0 spiro atoms. The molecule has 0 saturated carbocycles. The van der Waals surface area contributed by atoms with Crippen molar-refractivity contribution in [1.82, 2.24) is 4.57 Å². The average Bonchev–Trinajstić information content (AvgIpc) is 3.41. The number of aromatic nitrogens is 1. The predicted octanol–water partition coefficient (Wildman–Crippen LogP) is 6.03. The van der Waals surface area contributed by atoms with Gasteiger partial charge in [0.15, 0.2) is 34.4 Å². The molecule has 268 valence electrons. The van der Waals surface area contributed by atoms with Crippen molar-refractivity contribution in [3.05, 3.63) is 112 Å². The number of nitrogens with zero attached hydrogens (tertiary/aromatic N) is 2. The summed E-state index contributed by atoms with van der Waals surface area (Å²) in [6.45, 7) is 7.81. The molecule has 51 heavy (non-hydrogen) atoms. The fraction of sp³-hybridized carbons (Fsp3) is 0.297. The molecule has 0 N–H and O–H groups in total. The van der Waals surface area contributed by atoms with Crippen LogP contribution in [0.2, 0.25) is 10.0 Å². The molecule has 1 aliphatic rings. The summed E-state index contributed by atoms with van der Waals surface area (Å²) in [6.07, 6.45) is 1.74. The van der Waals surface area contributed by atoms with E-state index in [9.17, 15) is 14.4 Å². The van der Waals surface area contributed by atoms with Gasteiger partial charge in [-0.25, -0.2) is 14.6 Å². The van der Waals surface area contributed by atoms with Crippen molar-refractivity contribution in [3.63, 3.8) is 0 Å². The van der Waals surface area contributed by atoms with E-state index in [-0.39, 0.29) is 31.0 Å². The highest BCUT2D eigenvalue weighted by atomic mass is 35.5. The first-order valence-corrected chi connectivity index (χ1v) is 17.6. The zero-order valence-corrected chi connectivity index (χ0v) is 30.9. The summed E-state index contributed by atoms with van der Waals surface area (Å²) >= 11 is 13.4. The molecule has 2 heterocycles. The van der Waals surface area contributed by atoms with Gasteiger partial charge >= 0.3 is 11.9 Å². The van der Waals surface area contributed by atoms with Crippen LogP contribution in [0.1, 0.15) is 50.4 Å². The summed E-state index contributed by atoms with van der Waals surface area (Å²) in [7, 11) is 1.27. The van der Waals surface area contributed by atoms with Crippen molar-refractivity contribution in [1.29, 1.82) is 0 Å². The fourth-order valence-electron chi connectivity index (χ4n) is 5.33. The molecule has 1 aliphatic heterocycles. The number of methoxy groups -OCH3 is 1. The number of hydrogen-bond acceptors (Lipinski definition) is 11. The number of halogens is 2. The summed E-state index contributed by atoms with van der Waals surface area (Å²) in [6, 6.07) is 14.8. The molecule has 0 bridgehead atoms. The monoisotopic (exact) mass is 754 g/mol. The van der Waals surface area contributed by atoms with Crippen molar-refractivity contribution in [3.8, 4) is 23.0 Å². The van der Waals surface area contributed by atoms with E-state index in [2.05, 4.69) is 9.73 Å². The Morgan fingerprint density at radius 3 is 2.25 bits per heavy atom. The van der Waals surface area contributed by atoms with Gasteiger partial charge in [-0.3, -0.25) is 9.36 Å². The molecule has 1 aromatic heterocycles. The number of carbonyl (C=O) groups excluding carboxylic acids is 2. The Bertz CT molecular complexity index is 2160. The Labute approximate surface area is 308 Å². The Morgan fingerprint density at radius 2 is 1.57 bits per heavy atom. The lowest BCUT2D eigenvalue weighted by atomic mass is 9.95. The van der Waals surface area contributed by atoms with E-state index in [1.54, 1.807) is 69.3 Å². The summed E-state index contributed by atoms with van der Waals surface area (Å²) in [5.41, 5.74) is 2.34. The van der Waals surface area contributed by atoms with E-state index in [1.807, 2.05) is 19.1 Å². The number of rotatable bonds is 14. The zero-order valence-electron chi connectivity index (χ0n) is 28.6. The van der Waals surface area contributed by atoms with Crippen LogP contribution in [-0.4, -0.2) is 50.0 Å². The number of esters is 2. The van der Waals surface area contributed by atoms with Crippen molar-refractivity contribution < 1.29 is 38.0 Å². The normalized spacial score (nSPS) is 14.0. The smallest absolute Gasteiger partial charge is 0.343 e. The number of ether oxygens (including phenoxy) is 6. The maximum absolute atomic E-state index is 14.2. The third-order valence-electron chi connectivity index (χ3n) is 7.62. The second kappa shape index (κ2) is 17.0. The fourth-order valence-corrected chi connectivity index (χ4v) is 6.70. The lowest BCUT2D eigenvalue weighted by Crippen LogP contribution is -2.40. The molecule has 0 aliphatic carbocycles. The van der Waals surface area contributed by atoms with E-state index >= 15 is 0 Å². The largest absolute Gasteiger partial charge is 0.490 e. The molecule has 1 atom stereocenters. The molecule has 0 unspecified atom stereocenters. The van der Waals surface area contributed by atoms with Crippen LogP contribution in [0.4, 0.5) is 0 Å². The number of allylic oxidation sites excluding steroid dienone is 1.